The van der Waals surface area contributed by atoms with Crippen LogP contribution in [0.3, 0.4) is 0 Å². The van der Waals surface area contributed by atoms with Gasteiger partial charge in [0.2, 0.25) is 5.95 Å². The summed E-state index contributed by atoms with van der Waals surface area (Å²) in [7, 11) is 0. The highest BCUT2D eigenvalue weighted by molar-refractivity contribution is 6.30. The number of nitrogens with zero attached hydrogens (tertiary/aromatic N) is 2. The third-order valence-electron chi connectivity index (χ3n) is 2.78. The van der Waals surface area contributed by atoms with Gasteiger partial charge in [-0.25, -0.2) is 14.8 Å². The van der Waals surface area contributed by atoms with Crippen molar-refractivity contribution in [2.24, 2.45) is 0 Å². The summed E-state index contributed by atoms with van der Waals surface area (Å²) in [5.41, 5.74) is 1.83. The first-order valence-electron chi connectivity index (χ1n) is 6.69. The highest BCUT2D eigenvalue weighted by atomic mass is 35.5. The molecule has 0 amide bonds. The quantitative estimate of drug-likeness (QED) is 0.855. The molecule has 5 nitrogen and oxygen atoms in total. The number of anilines is 2. The first-order chi connectivity index (χ1) is 10.1. The molecule has 1 N–H and O–H groups in total. The Labute approximate surface area is 128 Å². The monoisotopic (exact) mass is 305 g/mol. The number of rotatable bonds is 5. The summed E-state index contributed by atoms with van der Waals surface area (Å²) in [5, 5.41) is 3.68. The standard InChI is InChI=1S/C15H16ClN3O2/c1-3-13-12(14(20)21-4-2)9-17-15(19-13)18-11-7-5-6-10(16)8-11/h5-9H,3-4H2,1-2H3,(H,17,18,19). The molecule has 0 spiro atoms. The first-order valence-corrected chi connectivity index (χ1v) is 7.07. The number of nitrogens with one attached hydrogen (secondary N) is 1. The van der Waals surface area contributed by atoms with Crippen molar-refractivity contribution in [3.8, 4) is 0 Å². The minimum atomic E-state index is -0.399. The number of aryl methyl sites for hydroxylation is 1. The second-order valence-corrected chi connectivity index (χ2v) is 4.70. The molecule has 0 saturated carbocycles. The summed E-state index contributed by atoms with van der Waals surface area (Å²) >= 11 is 5.93. The van der Waals surface area contributed by atoms with Crippen molar-refractivity contribution in [1.82, 2.24) is 9.97 Å². The lowest BCUT2D eigenvalue weighted by atomic mass is 10.2. The van der Waals surface area contributed by atoms with Crippen molar-refractivity contribution in [3.63, 3.8) is 0 Å². The van der Waals surface area contributed by atoms with Crippen LogP contribution in [-0.4, -0.2) is 22.5 Å². The van der Waals surface area contributed by atoms with Crippen LogP contribution in [0.4, 0.5) is 11.6 Å². The fourth-order valence-corrected chi connectivity index (χ4v) is 2.01. The van der Waals surface area contributed by atoms with E-state index in [1.54, 1.807) is 19.1 Å². The van der Waals surface area contributed by atoms with Crippen molar-refractivity contribution < 1.29 is 9.53 Å². The lowest BCUT2D eigenvalue weighted by Crippen LogP contribution is -2.11. The van der Waals surface area contributed by atoms with E-state index in [2.05, 4.69) is 15.3 Å². The van der Waals surface area contributed by atoms with Crippen molar-refractivity contribution in [3.05, 3.63) is 46.7 Å². The number of carbonyl (C=O) groups excluding carboxylic acids is 1. The first kappa shape index (κ1) is 15.3. The number of esters is 1. The summed E-state index contributed by atoms with van der Waals surface area (Å²) in [6, 6.07) is 7.25. The van der Waals surface area contributed by atoms with E-state index < -0.39 is 5.97 Å². The smallest absolute Gasteiger partial charge is 0.341 e. The summed E-state index contributed by atoms with van der Waals surface area (Å²) in [5.74, 6) is 0.0193. The molecule has 2 aromatic rings. The van der Waals surface area contributed by atoms with E-state index in [-0.39, 0.29) is 0 Å². The van der Waals surface area contributed by atoms with Gasteiger partial charge in [0.25, 0.3) is 0 Å². The van der Waals surface area contributed by atoms with E-state index in [1.807, 2.05) is 19.1 Å². The zero-order valence-electron chi connectivity index (χ0n) is 11.9. The molecule has 6 heteroatoms. The molecule has 110 valence electrons. The van der Waals surface area contributed by atoms with Crippen molar-refractivity contribution in [2.75, 3.05) is 11.9 Å². The Balaban J connectivity index is 2.24. The zero-order chi connectivity index (χ0) is 15.2. The Morgan fingerprint density at radius 1 is 1.38 bits per heavy atom. The van der Waals surface area contributed by atoms with Crippen LogP contribution in [0.15, 0.2) is 30.5 Å². The Morgan fingerprint density at radius 3 is 2.86 bits per heavy atom. The number of aromatic nitrogens is 2. The predicted molar refractivity (Wildman–Crippen MR) is 82.1 cm³/mol. The Hall–Kier alpha value is -2.14. The molecule has 2 rings (SSSR count). The predicted octanol–water partition coefficient (Wildman–Crippen LogP) is 3.61. The van der Waals surface area contributed by atoms with Gasteiger partial charge < -0.3 is 10.1 Å². The van der Waals surface area contributed by atoms with Crippen LogP contribution < -0.4 is 5.32 Å². The molecule has 1 aromatic heterocycles. The molecule has 0 radical (unpaired) electrons. The molecule has 0 aliphatic carbocycles. The number of ether oxygens (including phenoxy) is 1. The van der Waals surface area contributed by atoms with Crippen LogP contribution >= 0.6 is 11.6 Å². The zero-order valence-corrected chi connectivity index (χ0v) is 12.6. The van der Waals surface area contributed by atoms with E-state index >= 15 is 0 Å². The molecule has 0 unspecified atom stereocenters. The maximum absolute atomic E-state index is 11.8. The van der Waals surface area contributed by atoms with Crippen LogP contribution in [0.2, 0.25) is 5.02 Å². The molecule has 0 saturated heterocycles. The van der Waals surface area contributed by atoms with Gasteiger partial charge in [0.15, 0.2) is 0 Å². The normalized spacial score (nSPS) is 10.2. The average Bonchev–Trinajstić information content (AvgIpc) is 2.47. The fraction of sp³-hybridized carbons (Fsp3) is 0.267. The highest BCUT2D eigenvalue weighted by Crippen LogP contribution is 2.19. The summed E-state index contributed by atoms with van der Waals surface area (Å²) in [4.78, 5) is 20.3. The topological polar surface area (TPSA) is 64.1 Å². The van der Waals surface area contributed by atoms with Gasteiger partial charge in [0.1, 0.15) is 0 Å². The maximum Gasteiger partial charge on any atom is 0.341 e. The Bertz CT molecular complexity index is 647. The van der Waals surface area contributed by atoms with Gasteiger partial charge in [0.05, 0.1) is 17.9 Å². The molecule has 21 heavy (non-hydrogen) atoms. The van der Waals surface area contributed by atoms with Crippen LogP contribution in [0.25, 0.3) is 0 Å². The van der Waals surface area contributed by atoms with Gasteiger partial charge in [-0.3, -0.25) is 0 Å². The summed E-state index contributed by atoms with van der Waals surface area (Å²) in [6.45, 7) is 4.01. The highest BCUT2D eigenvalue weighted by Gasteiger charge is 2.14. The van der Waals surface area contributed by atoms with E-state index in [0.717, 1.165) is 5.69 Å². The number of halogens is 1. The summed E-state index contributed by atoms with van der Waals surface area (Å²) < 4.78 is 4.99. The van der Waals surface area contributed by atoms with E-state index in [0.29, 0.717) is 35.3 Å². The van der Waals surface area contributed by atoms with E-state index in [9.17, 15) is 4.79 Å². The van der Waals surface area contributed by atoms with Crippen LogP contribution in [0, 0.1) is 0 Å². The number of carbonyl (C=O) groups is 1. The molecule has 0 bridgehead atoms. The minimum Gasteiger partial charge on any atom is -0.462 e. The van der Waals surface area contributed by atoms with Crippen molar-refractivity contribution in [2.45, 2.75) is 20.3 Å². The second-order valence-electron chi connectivity index (χ2n) is 4.26. The number of benzene rings is 1. The molecule has 0 aliphatic heterocycles. The number of hydrogen-bond acceptors (Lipinski definition) is 5. The lowest BCUT2D eigenvalue weighted by Gasteiger charge is -2.09. The third kappa shape index (κ3) is 3.92. The molecule has 0 aliphatic rings. The van der Waals surface area contributed by atoms with E-state index in [1.165, 1.54) is 6.20 Å². The Kier molecular flexibility index (Phi) is 5.11. The maximum atomic E-state index is 11.8. The van der Waals surface area contributed by atoms with Gasteiger partial charge >= 0.3 is 5.97 Å². The molecule has 0 fully saturated rings. The molecular formula is C15H16ClN3O2. The van der Waals surface area contributed by atoms with Gasteiger partial charge in [-0.2, -0.15) is 0 Å². The van der Waals surface area contributed by atoms with Crippen molar-refractivity contribution in [1.29, 1.82) is 0 Å². The van der Waals surface area contributed by atoms with Gasteiger partial charge in [-0.05, 0) is 31.5 Å². The molecule has 1 aromatic carbocycles. The SMILES string of the molecule is CCOC(=O)c1cnc(Nc2cccc(Cl)c2)nc1CC. The number of hydrogen-bond donors (Lipinski definition) is 1. The van der Waals surface area contributed by atoms with E-state index in [4.69, 9.17) is 16.3 Å². The summed E-state index contributed by atoms with van der Waals surface area (Å²) in [6.07, 6.45) is 2.09. The second kappa shape index (κ2) is 7.04. The molecule has 0 atom stereocenters. The molecular weight excluding hydrogens is 290 g/mol. The van der Waals surface area contributed by atoms with Gasteiger partial charge in [-0.1, -0.05) is 24.6 Å². The van der Waals surface area contributed by atoms with Crippen LogP contribution in [0.5, 0.6) is 0 Å². The minimum absolute atomic E-state index is 0.324. The van der Waals surface area contributed by atoms with Gasteiger partial charge in [-0.15, -0.1) is 0 Å². The van der Waals surface area contributed by atoms with Crippen molar-refractivity contribution >= 4 is 29.2 Å². The lowest BCUT2D eigenvalue weighted by molar-refractivity contribution is 0.0524. The average molecular weight is 306 g/mol. The fourth-order valence-electron chi connectivity index (χ4n) is 1.82. The largest absolute Gasteiger partial charge is 0.462 e. The molecule has 1 heterocycles. The van der Waals surface area contributed by atoms with Crippen LogP contribution in [0.1, 0.15) is 29.9 Å². The van der Waals surface area contributed by atoms with Gasteiger partial charge in [0, 0.05) is 16.9 Å². The Morgan fingerprint density at radius 2 is 2.19 bits per heavy atom. The third-order valence-corrected chi connectivity index (χ3v) is 3.01. The van der Waals surface area contributed by atoms with Crippen LogP contribution in [-0.2, 0) is 11.2 Å².